The number of carbonyl (C=O) groups is 1. The molecule has 0 spiro atoms. The first kappa shape index (κ1) is 9.62. The number of H-pyrrole nitrogens is 1. The third-order valence-corrected chi connectivity index (χ3v) is 4.83. The lowest BCUT2D eigenvalue weighted by atomic mass is 10.0. The quantitative estimate of drug-likeness (QED) is 0.795. The summed E-state index contributed by atoms with van der Waals surface area (Å²) < 4.78 is 0. The van der Waals surface area contributed by atoms with Crippen LogP contribution in [0.15, 0.2) is 0 Å². The molecular weight excluding hydrogens is 216 g/mol. The molecule has 90 valence electrons. The zero-order chi connectivity index (χ0) is 11.6. The average Bonchev–Trinajstić information content (AvgIpc) is 2.77. The topological polar surface area (TPSA) is 70.7 Å². The van der Waals surface area contributed by atoms with Gasteiger partial charge < -0.3 is 5.32 Å². The molecule has 2 N–H and O–H groups in total. The maximum absolute atomic E-state index is 11.9. The minimum absolute atomic E-state index is 0.117. The molecule has 1 aromatic heterocycles. The van der Waals surface area contributed by atoms with Gasteiger partial charge in [0.2, 0.25) is 5.82 Å². The molecule has 3 aliphatic rings. The fraction of sp³-hybridized carbons (Fsp3) is 0.750. The minimum Gasteiger partial charge on any atom is -0.346 e. The van der Waals surface area contributed by atoms with Crippen LogP contribution in [0.5, 0.6) is 0 Å². The molecule has 0 aromatic carbocycles. The molecule has 1 aromatic rings. The van der Waals surface area contributed by atoms with E-state index in [-0.39, 0.29) is 11.7 Å². The van der Waals surface area contributed by atoms with Crippen LogP contribution in [0.25, 0.3) is 0 Å². The molecule has 0 saturated heterocycles. The van der Waals surface area contributed by atoms with Crippen molar-refractivity contribution >= 4 is 5.91 Å². The third kappa shape index (κ3) is 1.28. The van der Waals surface area contributed by atoms with Gasteiger partial charge in [-0.2, -0.15) is 0 Å². The molecule has 5 heteroatoms. The number of aromatic amines is 1. The number of amides is 1. The number of nitrogens with one attached hydrogen (secondary N) is 2. The lowest BCUT2D eigenvalue weighted by Crippen LogP contribution is -2.30. The monoisotopic (exact) mass is 232 g/mol. The van der Waals surface area contributed by atoms with Crippen molar-refractivity contribution in [3.8, 4) is 0 Å². The van der Waals surface area contributed by atoms with E-state index in [4.69, 9.17) is 0 Å². The summed E-state index contributed by atoms with van der Waals surface area (Å²) in [5, 5.41) is 9.70. The van der Waals surface area contributed by atoms with E-state index in [9.17, 15) is 4.79 Å². The van der Waals surface area contributed by atoms with Crippen LogP contribution in [0.2, 0.25) is 0 Å². The van der Waals surface area contributed by atoms with Crippen LogP contribution in [0.1, 0.15) is 35.7 Å². The van der Waals surface area contributed by atoms with Crippen molar-refractivity contribution in [2.75, 3.05) is 0 Å². The molecule has 1 amide bonds. The standard InChI is InChI=1S/C12H16N4O/c1-5-13-11(16-15-5)12(17)14-10-8-6-2-3-7(4-6)9(8)10/h6-10H,2-4H2,1H3,(H,14,17)(H,13,15,16). The first-order chi connectivity index (χ1) is 8.24. The van der Waals surface area contributed by atoms with Gasteiger partial charge in [0.1, 0.15) is 5.82 Å². The highest BCUT2D eigenvalue weighted by molar-refractivity contribution is 5.90. The first-order valence-corrected chi connectivity index (χ1v) is 6.44. The highest BCUT2D eigenvalue weighted by Gasteiger charge is 2.65. The van der Waals surface area contributed by atoms with Gasteiger partial charge in [-0.25, -0.2) is 4.98 Å². The zero-order valence-electron chi connectivity index (χ0n) is 9.81. The molecule has 0 aliphatic heterocycles. The predicted octanol–water partition coefficient (Wildman–Crippen LogP) is 0.887. The Morgan fingerprint density at radius 1 is 1.35 bits per heavy atom. The Labute approximate surface area is 99.4 Å². The fourth-order valence-corrected chi connectivity index (χ4v) is 4.18. The summed E-state index contributed by atoms with van der Waals surface area (Å²) in [6.07, 6.45) is 4.15. The third-order valence-electron chi connectivity index (χ3n) is 4.83. The molecule has 5 nitrogen and oxygen atoms in total. The van der Waals surface area contributed by atoms with E-state index in [1.165, 1.54) is 19.3 Å². The van der Waals surface area contributed by atoms with Gasteiger partial charge in [0.15, 0.2) is 0 Å². The van der Waals surface area contributed by atoms with Gasteiger partial charge in [0.05, 0.1) is 0 Å². The van der Waals surface area contributed by atoms with E-state index in [0.717, 1.165) is 23.7 Å². The van der Waals surface area contributed by atoms with Gasteiger partial charge in [0, 0.05) is 6.04 Å². The van der Waals surface area contributed by atoms with Crippen LogP contribution < -0.4 is 5.32 Å². The second kappa shape index (κ2) is 3.09. The Morgan fingerprint density at radius 2 is 2.06 bits per heavy atom. The van der Waals surface area contributed by atoms with Crippen LogP contribution in [0.4, 0.5) is 0 Å². The molecule has 1 heterocycles. The number of carbonyl (C=O) groups excluding carboxylic acids is 1. The van der Waals surface area contributed by atoms with Gasteiger partial charge in [0.25, 0.3) is 5.91 Å². The Bertz CT molecular complexity index is 467. The molecule has 4 rings (SSSR count). The van der Waals surface area contributed by atoms with Crippen molar-refractivity contribution in [2.24, 2.45) is 23.7 Å². The SMILES string of the molecule is Cc1nc(C(=O)NC2C3C4CCC(C4)C23)n[nH]1. The van der Waals surface area contributed by atoms with E-state index < -0.39 is 0 Å². The van der Waals surface area contributed by atoms with Crippen LogP contribution in [-0.2, 0) is 0 Å². The smallest absolute Gasteiger partial charge is 0.291 e. The largest absolute Gasteiger partial charge is 0.346 e. The molecule has 2 bridgehead atoms. The molecular formula is C12H16N4O. The van der Waals surface area contributed by atoms with E-state index in [0.29, 0.717) is 11.9 Å². The van der Waals surface area contributed by atoms with Crippen molar-refractivity contribution in [1.82, 2.24) is 20.5 Å². The van der Waals surface area contributed by atoms with Crippen LogP contribution in [0, 0.1) is 30.6 Å². The number of hydrogen-bond donors (Lipinski definition) is 2. The van der Waals surface area contributed by atoms with Crippen LogP contribution in [-0.4, -0.2) is 27.1 Å². The summed E-state index contributed by atoms with van der Waals surface area (Å²) in [4.78, 5) is 16.0. The summed E-state index contributed by atoms with van der Waals surface area (Å²) >= 11 is 0. The van der Waals surface area contributed by atoms with Gasteiger partial charge in [-0.15, -0.1) is 5.10 Å². The second-order valence-electron chi connectivity index (χ2n) is 5.73. The molecule has 3 aliphatic carbocycles. The highest BCUT2D eigenvalue weighted by Crippen LogP contribution is 2.65. The fourth-order valence-electron chi connectivity index (χ4n) is 4.18. The Kier molecular flexibility index (Phi) is 1.75. The van der Waals surface area contributed by atoms with E-state index in [2.05, 4.69) is 20.5 Å². The number of aryl methyl sites for hydroxylation is 1. The normalized spacial score (nSPS) is 41.4. The highest BCUT2D eigenvalue weighted by atomic mass is 16.2. The second-order valence-corrected chi connectivity index (χ2v) is 5.73. The molecule has 17 heavy (non-hydrogen) atoms. The van der Waals surface area contributed by atoms with E-state index in [1.807, 2.05) is 0 Å². The average molecular weight is 232 g/mol. The van der Waals surface area contributed by atoms with E-state index in [1.54, 1.807) is 6.92 Å². The zero-order valence-corrected chi connectivity index (χ0v) is 9.81. The molecule has 3 saturated carbocycles. The van der Waals surface area contributed by atoms with Crippen molar-refractivity contribution in [3.63, 3.8) is 0 Å². The predicted molar refractivity (Wildman–Crippen MR) is 60.2 cm³/mol. The molecule has 3 fully saturated rings. The van der Waals surface area contributed by atoms with Crippen LogP contribution >= 0.6 is 0 Å². The van der Waals surface area contributed by atoms with Crippen molar-refractivity contribution in [2.45, 2.75) is 32.2 Å². The van der Waals surface area contributed by atoms with Gasteiger partial charge in [-0.05, 0) is 49.9 Å². The number of aromatic nitrogens is 3. The number of hydrogen-bond acceptors (Lipinski definition) is 3. The Balaban J connectivity index is 1.45. The van der Waals surface area contributed by atoms with Crippen molar-refractivity contribution in [1.29, 1.82) is 0 Å². The van der Waals surface area contributed by atoms with Gasteiger partial charge >= 0.3 is 0 Å². The van der Waals surface area contributed by atoms with Crippen LogP contribution in [0.3, 0.4) is 0 Å². The summed E-state index contributed by atoms with van der Waals surface area (Å²) in [5.74, 6) is 4.13. The Hall–Kier alpha value is -1.39. The number of rotatable bonds is 2. The first-order valence-electron chi connectivity index (χ1n) is 6.44. The summed E-state index contributed by atoms with van der Waals surface area (Å²) in [6, 6.07) is 0.410. The minimum atomic E-state index is -0.117. The number of fused-ring (bicyclic) bond motifs is 5. The lowest BCUT2D eigenvalue weighted by Gasteiger charge is -2.08. The maximum Gasteiger partial charge on any atom is 0.291 e. The maximum atomic E-state index is 11.9. The number of nitrogens with zero attached hydrogens (tertiary/aromatic N) is 2. The van der Waals surface area contributed by atoms with E-state index >= 15 is 0 Å². The molecule has 0 radical (unpaired) electrons. The summed E-state index contributed by atoms with van der Waals surface area (Å²) in [7, 11) is 0. The summed E-state index contributed by atoms with van der Waals surface area (Å²) in [6.45, 7) is 1.80. The van der Waals surface area contributed by atoms with Gasteiger partial charge in [-0.1, -0.05) is 0 Å². The van der Waals surface area contributed by atoms with Crippen molar-refractivity contribution in [3.05, 3.63) is 11.6 Å². The molecule has 4 unspecified atom stereocenters. The molecule has 4 atom stereocenters. The van der Waals surface area contributed by atoms with Gasteiger partial charge in [-0.3, -0.25) is 9.89 Å². The lowest BCUT2D eigenvalue weighted by molar-refractivity contribution is 0.0934. The van der Waals surface area contributed by atoms with Crippen molar-refractivity contribution < 1.29 is 4.79 Å². The summed E-state index contributed by atoms with van der Waals surface area (Å²) in [5.41, 5.74) is 0. The Morgan fingerprint density at radius 3 is 2.65 bits per heavy atom.